The molecule has 2 rings (SSSR count). The number of nitrogen functional groups attached to an aromatic ring is 1. The van der Waals surface area contributed by atoms with Crippen molar-refractivity contribution in [2.75, 3.05) is 43.4 Å². The summed E-state index contributed by atoms with van der Waals surface area (Å²) in [6.07, 6.45) is 0. The van der Waals surface area contributed by atoms with Crippen LogP contribution in [-0.4, -0.2) is 53.6 Å². The molecule has 96 valence electrons. The molecule has 0 saturated heterocycles. The minimum Gasteiger partial charge on any atom is -0.361 e. The number of fused-ring (bicyclic) bond motifs is 1. The molecule has 0 radical (unpaired) electrons. The Morgan fingerprint density at radius 2 is 1.67 bits per heavy atom. The van der Waals surface area contributed by atoms with Gasteiger partial charge < -0.3 is 15.2 Å². The molecule has 2 aromatic heterocycles. The second-order valence-electron chi connectivity index (χ2n) is 4.12. The molecule has 0 aliphatic carbocycles. The van der Waals surface area contributed by atoms with Crippen LogP contribution in [0.1, 0.15) is 0 Å². The van der Waals surface area contributed by atoms with Gasteiger partial charge in [0.15, 0.2) is 17.2 Å². The molecule has 0 unspecified atom stereocenters. The third kappa shape index (κ3) is 1.95. The maximum absolute atomic E-state index is 5.40. The number of hydrogen-bond acceptors (Lipinski definition) is 9. The molecule has 0 spiro atoms. The van der Waals surface area contributed by atoms with Crippen LogP contribution in [0.4, 0.5) is 17.6 Å². The zero-order chi connectivity index (χ0) is 13.3. The second kappa shape index (κ2) is 4.53. The van der Waals surface area contributed by atoms with E-state index in [4.69, 9.17) is 5.84 Å². The minimum atomic E-state index is 0.369. The van der Waals surface area contributed by atoms with Gasteiger partial charge in [-0.05, 0) is 5.21 Å². The molecule has 0 saturated carbocycles. The van der Waals surface area contributed by atoms with Crippen molar-refractivity contribution in [3.05, 3.63) is 0 Å². The van der Waals surface area contributed by atoms with Crippen LogP contribution in [0.15, 0.2) is 0 Å². The first kappa shape index (κ1) is 12.2. The topological polar surface area (TPSA) is 109 Å². The molecule has 0 bridgehead atoms. The van der Waals surface area contributed by atoms with Gasteiger partial charge in [-0.25, -0.2) is 10.8 Å². The fourth-order valence-corrected chi connectivity index (χ4v) is 1.46. The first-order valence-corrected chi connectivity index (χ1v) is 5.27. The van der Waals surface area contributed by atoms with E-state index in [1.165, 1.54) is 0 Å². The summed E-state index contributed by atoms with van der Waals surface area (Å²) in [4.78, 5) is 12.4. The van der Waals surface area contributed by atoms with Gasteiger partial charge in [0.05, 0.1) is 0 Å². The van der Waals surface area contributed by atoms with Gasteiger partial charge in [-0.15, -0.1) is 10.2 Å². The maximum Gasteiger partial charge on any atom is 0.227 e. The van der Waals surface area contributed by atoms with Crippen molar-refractivity contribution in [3.63, 3.8) is 0 Å². The Morgan fingerprint density at radius 3 is 2.22 bits per heavy atom. The van der Waals surface area contributed by atoms with Crippen molar-refractivity contribution in [2.45, 2.75) is 0 Å². The number of nitrogens with zero attached hydrogens (tertiary/aromatic N) is 7. The number of hydrogen-bond donors (Lipinski definition) is 2. The van der Waals surface area contributed by atoms with E-state index in [9.17, 15) is 0 Å². The zero-order valence-electron chi connectivity index (χ0n) is 10.7. The summed E-state index contributed by atoms with van der Waals surface area (Å²) in [6, 6.07) is 0. The molecule has 18 heavy (non-hydrogen) atoms. The molecule has 0 aliphatic rings. The van der Waals surface area contributed by atoms with Crippen LogP contribution in [0.5, 0.6) is 0 Å². The standard InChI is InChI=1S/C9H15N9/c1-17(2)8-6-5(7(13-10)15-16-14-6)11-9(12-8)18(3)4/h10H2,1-4H3,(H,13,14,15). The highest BCUT2D eigenvalue weighted by molar-refractivity contribution is 5.92. The lowest BCUT2D eigenvalue weighted by Crippen LogP contribution is -2.19. The van der Waals surface area contributed by atoms with E-state index < -0.39 is 0 Å². The van der Waals surface area contributed by atoms with E-state index in [1.54, 1.807) is 4.90 Å². The van der Waals surface area contributed by atoms with Crippen LogP contribution in [0.3, 0.4) is 0 Å². The van der Waals surface area contributed by atoms with Crippen molar-refractivity contribution < 1.29 is 0 Å². The summed E-state index contributed by atoms with van der Waals surface area (Å²) >= 11 is 0. The Hall–Kier alpha value is -2.29. The lowest BCUT2D eigenvalue weighted by atomic mass is 10.3. The van der Waals surface area contributed by atoms with Crippen molar-refractivity contribution in [2.24, 2.45) is 5.84 Å². The third-order valence-corrected chi connectivity index (χ3v) is 2.33. The smallest absolute Gasteiger partial charge is 0.227 e. The Kier molecular flexibility index (Phi) is 3.06. The first-order valence-electron chi connectivity index (χ1n) is 5.27. The summed E-state index contributed by atoms with van der Waals surface area (Å²) in [5, 5.41) is 11.4. The Bertz CT molecular complexity index is 565. The van der Waals surface area contributed by atoms with Gasteiger partial charge >= 0.3 is 0 Å². The van der Waals surface area contributed by atoms with E-state index in [2.05, 4.69) is 30.8 Å². The predicted octanol–water partition coefficient (Wildman–Crippen LogP) is -0.768. The molecular weight excluding hydrogens is 234 g/mol. The molecule has 0 amide bonds. The lowest BCUT2D eigenvalue weighted by molar-refractivity contribution is 0.879. The van der Waals surface area contributed by atoms with Crippen molar-refractivity contribution in [1.82, 2.24) is 25.4 Å². The Balaban J connectivity index is 2.81. The summed E-state index contributed by atoms with van der Waals surface area (Å²) in [5.74, 6) is 6.98. The maximum atomic E-state index is 5.40. The van der Waals surface area contributed by atoms with E-state index in [0.717, 1.165) is 0 Å². The van der Waals surface area contributed by atoms with Gasteiger partial charge in [0.25, 0.3) is 0 Å². The van der Waals surface area contributed by atoms with Crippen LogP contribution in [-0.2, 0) is 0 Å². The molecular formula is C9H15N9. The highest BCUT2D eigenvalue weighted by atomic mass is 15.4. The number of nitrogens with one attached hydrogen (secondary N) is 1. The van der Waals surface area contributed by atoms with E-state index in [1.807, 2.05) is 33.1 Å². The number of hydrazine groups is 1. The average Bonchev–Trinajstić information content (AvgIpc) is 2.36. The molecule has 0 atom stereocenters. The predicted molar refractivity (Wildman–Crippen MR) is 69.4 cm³/mol. The summed E-state index contributed by atoms with van der Waals surface area (Å²) < 4.78 is 0. The van der Waals surface area contributed by atoms with Gasteiger partial charge in [-0.2, -0.15) is 4.98 Å². The molecule has 0 aromatic carbocycles. The summed E-state index contributed by atoms with van der Waals surface area (Å²) in [6.45, 7) is 0. The lowest BCUT2D eigenvalue weighted by Gasteiger charge is -2.17. The fourth-order valence-electron chi connectivity index (χ4n) is 1.46. The van der Waals surface area contributed by atoms with Crippen LogP contribution < -0.4 is 21.1 Å². The molecule has 2 aromatic rings. The second-order valence-corrected chi connectivity index (χ2v) is 4.12. The van der Waals surface area contributed by atoms with Gasteiger partial charge in [-0.3, -0.25) is 0 Å². The van der Waals surface area contributed by atoms with Crippen LogP contribution >= 0.6 is 0 Å². The molecule has 9 heteroatoms. The van der Waals surface area contributed by atoms with Gasteiger partial charge in [-0.1, -0.05) is 0 Å². The third-order valence-electron chi connectivity index (χ3n) is 2.33. The van der Waals surface area contributed by atoms with Gasteiger partial charge in [0.2, 0.25) is 5.95 Å². The molecule has 2 heterocycles. The van der Waals surface area contributed by atoms with Crippen molar-refractivity contribution in [3.8, 4) is 0 Å². The monoisotopic (exact) mass is 249 g/mol. The van der Waals surface area contributed by atoms with E-state index >= 15 is 0 Å². The summed E-state index contributed by atoms with van der Waals surface area (Å²) in [7, 11) is 7.47. The van der Waals surface area contributed by atoms with E-state index in [0.29, 0.717) is 28.6 Å². The Labute approximate surface area is 104 Å². The molecule has 9 nitrogen and oxygen atoms in total. The van der Waals surface area contributed by atoms with Gasteiger partial charge in [0.1, 0.15) is 5.52 Å². The largest absolute Gasteiger partial charge is 0.361 e. The highest BCUT2D eigenvalue weighted by Gasteiger charge is 2.15. The fraction of sp³-hybridized carbons (Fsp3) is 0.444. The van der Waals surface area contributed by atoms with E-state index in [-0.39, 0.29) is 0 Å². The van der Waals surface area contributed by atoms with Gasteiger partial charge in [0, 0.05) is 28.2 Å². The van der Waals surface area contributed by atoms with Crippen molar-refractivity contribution >= 4 is 28.6 Å². The first-order chi connectivity index (χ1) is 8.54. The number of rotatable bonds is 3. The van der Waals surface area contributed by atoms with Crippen LogP contribution in [0.2, 0.25) is 0 Å². The summed E-state index contributed by atoms with van der Waals surface area (Å²) in [5.41, 5.74) is 3.55. The number of nitrogens with two attached hydrogens (primary N) is 1. The Morgan fingerprint density at radius 1 is 0.944 bits per heavy atom. The quantitative estimate of drug-likeness (QED) is 0.535. The normalized spacial score (nSPS) is 10.5. The zero-order valence-corrected chi connectivity index (χ0v) is 10.7. The van der Waals surface area contributed by atoms with Crippen molar-refractivity contribution in [1.29, 1.82) is 0 Å². The number of aromatic nitrogens is 5. The van der Waals surface area contributed by atoms with Crippen LogP contribution in [0, 0.1) is 0 Å². The highest BCUT2D eigenvalue weighted by Crippen LogP contribution is 2.25. The average molecular weight is 249 g/mol. The SMILES string of the molecule is CN(C)c1nc(N(C)C)c2nnnc(NN)c2n1. The number of anilines is 3. The molecule has 3 N–H and O–H groups in total. The molecule has 0 aliphatic heterocycles. The molecule has 0 fully saturated rings. The van der Waals surface area contributed by atoms with Crippen LogP contribution in [0.25, 0.3) is 11.0 Å². The minimum absolute atomic E-state index is 0.369.